The van der Waals surface area contributed by atoms with Gasteiger partial charge in [0.25, 0.3) is 0 Å². The third-order valence-corrected chi connectivity index (χ3v) is 3.98. The van der Waals surface area contributed by atoms with E-state index < -0.39 is 0 Å². The van der Waals surface area contributed by atoms with Crippen molar-refractivity contribution in [1.29, 1.82) is 0 Å². The first-order chi connectivity index (χ1) is 10.0. The molecule has 0 saturated heterocycles. The van der Waals surface area contributed by atoms with E-state index in [0.717, 1.165) is 10.2 Å². The number of hydrogen-bond acceptors (Lipinski definition) is 3. The first kappa shape index (κ1) is 16.0. The summed E-state index contributed by atoms with van der Waals surface area (Å²) in [6.45, 7) is 2.08. The number of methoxy groups -OCH3 is 2. The molecule has 21 heavy (non-hydrogen) atoms. The molecule has 1 N–H and O–H groups in total. The van der Waals surface area contributed by atoms with Crippen LogP contribution < -0.4 is 14.8 Å². The van der Waals surface area contributed by atoms with Gasteiger partial charge >= 0.3 is 0 Å². The molecular formula is C16H17BrClNO2. The lowest BCUT2D eigenvalue weighted by atomic mass is 10.1. The molecule has 0 aliphatic rings. The van der Waals surface area contributed by atoms with Crippen LogP contribution in [0.5, 0.6) is 11.5 Å². The minimum absolute atomic E-state index is 0.112. The Bertz CT molecular complexity index is 634. The molecule has 1 unspecified atom stereocenters. The Kier molecular flexibility index (Phi) is 5.37. The highest BCUT2D eigenvalue weighted by Crippen LogP contribution is 2.37. The van der Waals surface area contributed by atoms with E-state index in [4.69, 9.17) is 21.1 Å². The molecule has 2 aromatic rings. The number of ether oxygens (including phenoxy) is 2. The van der Waals surface area contributed by atoms with Crippen LogP contribution in [0.4, 0.5) is 5.69 Å². The zero-order chi connectivity index (χ0) is 15.4. The van der Waals surface area contributed by atoms with Gasteiger partial charge in [-0.1, -0.05) is 39.7 Å². The smallest absolute Gasteiger partial charge is 0.145 e. The van der Waals surface area contributed by atoms with E-state index >= 15 is 0 Å². The highest BCUT2D eigenvalue weighted by atomic mass is 79.9. The van der Waals surface area contributed by atoms with Gasteiger partial charge in [-0.2, -0.15) is 0 Å². The predicted octanol–water partition coefficient (Wildman–Crippen LogP) is 5.29. The first-order valence-electron chi connectivity index (χ1n) is 6.48. The quantitative estimate of drug-likeness (QED) is 0.775. The van der Waals surface area contributed by atoms with Crippen molar-refractivity contribution >= 4 is 33.2 Å². The fourth-order valence-electron chi connectivity index (χ4n) is 2.07. The number of benzene rings is 2. The highest BCUT2D eigenvalue weighted by molar-refractivity contribution is 9.10. The molecule has 0 radical (unpaired) electrons. The van der Waals surface area contributed by atoms with Crippen LogP contribution in [0.2, 0.25) is 5.02 Å². The molecule has 2 rings (SSSR count). The lowest BCUT2D eigenvalue weighted by molar-refractivity contribution is 0.395. The van der Waals surface area contributed by atoms with Crippen LogP contribution in [0.3, 0.4) is 0 Å². The SMILES string of the molecule is COc1cc(OC)c(NC(C)c2cccc(Br)c2)cc1Cl. The first-order valence-corrected chi connectivity index (χ1v) is 7.65. The summed E-state index contributed by atoms with van der Waals surface area (Å²) in [5.74, 6) is 1.28. The number of anilines is 1. The largest absolute Gasteiger partial charge is 0.495 e. The fourth-order valence-corrected chi connectivity index (χ4v) is 2.72. The molecular weight excluding hydrogens is 354 g/mol. The van der Waals surface area contributed by atoms with Crippen molar-refractivity contribution in [1.82, 2.24) is 0 Å². The van der Waals surface area contributed by atoms with Crippen molar-refractivity contribution in [2.45, 2.75) is 13.0 Å². The minimum Gasteiger partial charge on any atom is -0.495 e. The van der Waals surface area contributed by atoms with E-state index in [9.17, 15) is 0 Å². The average molecular weight is 371 g/mol. The van der Waals surface area contributed by atoms with Gasteiger partial charge in [0.1, 0.15) is 11.5 Å². The zero-order valence-electron chi connectivity index (χ0n) is 12.1. The van der Waals surface area contributed by atoms with Gasteiger partial charge in [0.2, 0.25) is 0 Å². The van der Waals surface area contributed by atoms with Crippen molar-refractivity contribution < 1.29 is 9.47 Å². The van der Waals surface area contributed by atoms with E-state index in [0.29, 0.717) is 16.5 Å². The number of hydrogen-bond donors (Lipinski definition) is 1. The molecule has 0 amide bonds. The summed E-state index contributed by atoms with van der Waals surface area (Å²) in [5.41, 5.74) is 1.99. The van der Waals surface area contributed by atoms with Crippen LogP contribution in [0.15, 0.2) is 40.9 Å². The van der Waals surface area contributed by atoms with Gasteiger partial charge in [-0.15, -0.1) is 0 Å². The summed E-state index contributed by atoms with van der Waals surface area (Å²) in [6, 6.07) is 11.9. The van der Waals surface area contributed by atoms with Crippen molar-refractivity contribution in [3.05, 3.63) is 51.5 Å². The van der Waals surface area contributed by atoms with Crippen molar-refractivity contribution in [3.63, 3.8) is 0 Å². The molecule has 0 aliphatic carbocycles. The highest BCUT2D eigenvalue weighted by Gasteiger charge is 2.13. The Hall–Kier alpha value is -1.39. The van der Waals surface area contributed by atoms with Crippen LogP contribution in [0.25, 0.3) is 0 Å². The Balaban J connectivity index is 2.28. The summed E-state index contributed by atoms with van der Waals surface area (Å²) in [4.78, 5) is 0. The van der Waals surface area contributed by atoms with E-state index in [1.165, 1.54) is 5.56 Å². The molecule has 0 saturated carbocycles. The average Bonchev–Trinajstić information content (AvgIpc) is 2.47. The summed E-state index contributed by atoms with van der Waals surface area (Å²) < 4.78 is 11.6. The standard InChI is InChI=1S/C16H17BrClNO2/c1-10(11-5-4-6-12(17)7-11)19-14-8-13(18)15(20-2)9-16(14)21-3/h4-10,19H,1-3H3. The van der Waals surface area contributed by atoms with Crippen LogP contribution in [0, 0.1) is 0 Å². The molecule has 0 fully saturated rings. The van der Waals surface area contributed by atoms with E-state index in [1.54, 1.807) is 20.3 Å². The summed E-state index contributed by atoms with van der Waals surface area (Å²) in [5, 5.41) is 3.95. The molecule has 3 nitrogen and oxygen atoms in total. The molecule has 112 valence electrons. The Morgan fingerprint density at radius 2 is 1.81 bits per heavy atom. The lowest BCUT2D eigenvalue weighted by Gasteiger charge is -2.19. The third kappa shape index (κ3) is 3.83. The maximum absolute atomic E-state index is 6.19. The van der Waals surface area contributed by atoms with Crippen molar-refractivity contribution in [2.75, 3.05) is 19.5 Å². The van der Waals surface area contributed by atoms with Gasteiger partial charge in [-0.3, -0.25) is 0 Å². The molecule has 0 spiro atoms. The summed E-state index contributed by atoms with van der Waals surface area (Å²) in [6.07, 6.45) is 0. The maximum atomic E-state index is 6.19. The molecule has 5 heteroatoms. The van der Waals surface area contributed by atoms with Gasteiger partial charge in [0.05, 0.1) is 24.9 Å². The van der Waals surface area contributed by atoms with Crippen LogP contribution in [-0.2, 0) is 0 Å². The normalized spacial score (nSPS) is 11.9. The summed E-state index contributed by atoms with van der Waals surface area (Å²) >= 11 is 9.67. The topological polar surface area (TPSA) is 30.5 Å². The molecule has 0 aliphatic heterocycles. The third-order valence-electron chi connectivity index (χ3n) is 3.19. The minimum atomic E-state index is 0.112. The predicted molar refractivity (Wildman–Crippen MR) is 90.7 cm³/mol. The van der Waals surface area contributed by atoms with Crippen molar-refractivity contribution in [2.24, 2.45) is 0 Å². The number of rotatable bonds is 5. The lowest BCUT2D eigenvalue weighted by Crippen LogP contribution is -2.08. The fraction of sp³-hybridized carbons (Fsp3) is 0.250. The molecule has 0 heterocycles. The van der Waals surface area contributed by atoms with Crippen LogP contribution in [-0.4, -0.2) is 14.2 Å². The zero-order valence-corrected chi connectivity index (χ0v) is 14.5. The Morgan fingerprint density at radius 3 is 2.43 bits per heavy atom. The Labute approximate surface area is 138 Å². The van der Waals surface area contributed by atoms with Crippen LogP contribution in [0.1, 0.15) is 18.5 Å². The van der Waals surface area contributed by atoms with Gasteiger partial charge in [0.15, 0.2) is 0 Å². The second kappa shape index (κ2) is 7.05. The number of halogens is 2. The van der Waals surface area contributed by atoms with E-state index in [-0.39, 0.29) is 6.04 Å². The van der Waals surface area contributed by atoms with Gasteiger partial charge in [-0.05, 0) is 30.7 Å². The van der Waals surface area contributed by atoms with Crippen LogP contribution >= 0.6 is 27.5 Å². The molecule has 1 atom stereocenters. The monoisotopic (exact) mass is 369 g/mol. The van der Waals surface area contributed by atoms with E-state index in [1.807, 2.05) is 18.2 Å². The summed E-state index contributed by atoms with van der Waals surface area (Å²) in [7, 11) is 3.20. The number of nitrogens with one attached hydrogen (secondary N) is 1. The van der Waals surface area contributed by atoms with Gasteiger partial charge < -0.3 is 14.8 Å². The molecule has 2 aromatic carbocycles. The van der Waals surface area contributed by atoms with E-state index in [2.05, 4.69) is 40.3 Å². The molecule has 0 aromatic heterocycles. The molecule has 0 bridgehead atoms. The Morgan fingerprint density at radius 1 is 1.10 bits per heavy atom. The van der Waals surface area contributed by atoms with Gasteiger partial charge in [0, 0.05) is 16.6 Å². The van der Waals surface area contributed by atoms with Crippen molar-refractivity contribution in [3.8, 4) is 11.5 Å². The maximum Gasteiger partial charge on any atom is 0.145 e. The second-order valence-electron chi connectivity index (χ2n) is 4.61. The van der Waals surface area contributed by atoms with Gasteiger partial charge in [-0.25, -0.2) is 0 Å². The second-order valence-corrected chi connectivity index (χ2v) is 5.93.